The normalized spacial score (nSPS) is 12.2. The molecule has 7 heteroatoms. The molecule has 0 amide bonds. The monoisotopic (exact) mass is 414 g/mol. The van der Waals surface area contributed by atoms with Gasteiger partial charge in [0.1, 0.15) is 0 Å². The first-order valence-corrected chi connectivity index (χ1v) is 9.54. The lowest BCUT2D eigenvalue weighted by molar-refractivity contribution is 1.28. The van der Waals surface area contributed by atoms with Crippen molar-refractivity contribution < 1.29 is 0 Å². The zero-order valence-electron chi connectivity index (χ0n) is 12.1. The van der Waals surface area contributed by atoms with E-state index >= 15 is 0 Å². The quantitative estimate of drug-likeness (QED) is 0.357. The molecule has 122 valence electrons. The summed E-state index contributed by atoms with van der Waals surface area (Å²) in [5.41, 5.74) is 1.14. The third kappa shape index (κ3) is 3.19. The van der Waals surface area contributed by atoms with Gasteiger partial charge >= 0.3 is 0 Å². The van der Waals surface area contributed by atoms with Crippen LogP contribution in [-0.4, -0.2) is 4.98 Å². The summed E-state index contributed by atoms with van der Waals surface area (Å²) >= 11 is 25.4. The van der Waals surface area contributed by atoms with Crippen LogP contribution >= 0.6 is 46.4 Å². The third-order valence-corrected chi connectivity index (χ3v) is 6.80. The van der Waals surface area contributed by atoms with Crippen LogP contribution < -0.4 is 0 Å². The predicted octanol–water partition coefficient (Wildman–Crippen LogP) is 7.16. The van der Waals surface area contributed by atoms with E-state index in [9.17, 15) is 0 Å². The number of pyridine rings is 1. The zero-order valence-corrected chi connectivity index (χ0v) is 15.9. The Morgan fingerprint density at radius 2 is 1.38 bits per heavy atom. The maximum absolute atomic E-state index is 8.70. The van der Waals surface area contributed by atoms with E-state index in [1.165, 1.54) is 0 Å². The predicted molar refractivity (Wildman–Crippen MR) is 103 cm³/mol. The van der Waals surface area contributed by atoms with Gasteiger partial charge < -0.3 is 0 Å². The number of hydrogen-bond donors (Lipinski definition) is 1. The largest absolute Gasteiger partial charge is 0.271 e. The van der Waals surface area contributed by atoms with E-state index in [-0.39, 0.29) is 20.1 Å². The minimum Gasteiger partial charge on any atom is -0.271 e. The van der Waals surface area contributed by atoms with Gasteiger partial charge in [-0.15, -0.1) is 0 Å². The van der Waals surface area contributed by atoms with Crippen LogP contribution in [0.4, 0.5) is 0 Å². The maximum atomic E-state index is 8.70. The Kier molecular flexibility index (Phi) is 5.48. The number of hydrogen-bond acceptors (Lipinski definition) is 2. The Morgan fingerprint density at radius 3 is 2.00 bits per heavy atom. The molecule has 0 saturated carbocycles. The molecule has 3 aromatic rings. The molecule has 1 atom stereocenters. The third-order valence-electron chi connectivity index (χ3n) is 3.33. The van der Waals surface area contributed by atoms with E-state index in [1.807, 2.05) is 36.4 Å². The first-order valence-electron chi connectivity index (χ1n) is 6.80. The van der Waals surface area contributed by atoms with Gasteiger partial charge in [-0.3, -0.25) is 9.76 Å². The zero-order chi connectivity index (χ0) is 17.3. The molecule has 1 heterocycles. The van der Waals surface area contributed by atoms with Gasteiger partial charge in [0.15, 0.2) is 0 Å². The van der Waals surface area contributed by atoms with Crippen molar-refractivity contribution >= 4 is 57.1 Å². The number of aromatic nitrogens is 1. The topological polar surface area (TPSA) is 36.7 Å². The van der Waals surface area contributed by atoms with Crippen molar-refractivity contribution in [3.05, 3.63) is 74.8 Å². The Bertz CT molecular complexity index is 915. The lowest BCUT2D eigenvalue weighted by Gasteiger charge is -2.17. The molecule has 1 unspecified atom stereocenters. The van der Waals surface area contributed by atoms with Crippen molar-refractivity contribution in [2.75, 3.05) is 0 Å². The summed E-state index contributed by atoms with van der Waals surface area (Å²) in [5, 5.41) is 0.797. The molecular weight excluding hydrogens is 406 g/mol. The Morgan fingerprint density at radius 1 is 0.750 bits per heavy atom. The molecule has 3 rings (SSSR count). The molecule has 24 heavy (non-hydrogen) atoms. The second-order valence-corrected chi connectivity index (χ2v) is 7.80. The first kappa shape index (κ1) is 17.7. The fourth-order valence-corrected chi connectivity index (χ4v) is 4.87. The fourth-order valence-electron chi connectivity index (χ4n) is 2.22. The first-order chi connectivity index (χ1) is 11.5. The van der Waals surface area contributed by atoms with Crippen molar-refractivity contribution in [2.24, 2.45) is 0 Å². The summed E-state index contributed by atoms with van der Waals surface area (Å²) in [7, 11) is -1.10. The smallest absolute Gasteiger partial charge is 0.0806 e. The highest BCUT2D eigenvalue weighted by Gasteiger charge is 2.24. The molecule has 0 fully saturated rings. The van der Waals surface area contributed by atoms with Gasteiger partial charge in [0.25, 0.3) is 0 Å². The van der Waals surface area contributed by atoms with Crippen LogP contribution in [0.1, 0.15) is 0 Å². The standard InChI is InChI=1S/C17H10Cl4N2S/c18-13-12(11-8-4-5-9-23-11)17(16(21)15(20)14(13)19)24(22)10-6-2-1-3-7-10/h1-9,22H. The van der Waals surface area contributed by atoms with Gasteiger partial charge in [-0.1, -0.05) is 70.7 Å². The Labute approximate surface area is 162 Å². The number of nitrogens with zero attached hydrogens (tertiary/aromatic N) is 1. The molecule has 0 spiro atoms. The van der Waals surface area contributed by atoms with E-state index in [0.717, 1.165) is 4.90 Å². The molecule has 0 radical (unpaired) electrons. The van der Waals surface area contributed by atoms with Crippen LogP contribution in [0.15, 0.2) is 64.5 Å². The second kappa shape index (κ2) is 7.42. The van der Waals surface area contributed by atoms with E-state index in [2.05, 4.69) is 4.98 Å². The van der Waals surface area contributed by atoms with Gasteiger partial charge in [0.05, 0.1) is 30.7 Å². The van der Waals surface area contributed by atoms with Crippen LogP contribution in [0.25, 0.3) is 11.3 Å². The second-order valence-electron chi connectivity index (χ2n) is 4.79. The van der Waals surface area contributed by atoms with Gasteiger partial charge in [0.2, 0.25) is 0 Å². The summed E-state index contributed by atoms with van der Waals surface area (Å²) in [6.07, 6.45) is 1.65. The van der Waals surface area contributed by atoms with Crippen molar-refractivity contribution in [3.63, 3.8) is 0 Å². The van der Waals surface area contributed by atoms with Gasteiger partial charge in [-0.05, 0) is 35.0 Å². The lowest BCUT2D eigenvalue weighted by Crippen LogP contribution is -1.99. The molecule has 1 aromatic heterocycles. The minimum absolute atomic E-state index is 0.152. The van der Waals surface area contributed by atoms with Crippen LogP contribution in [0, 0.1) is 4.78 Å². The summed E-state index contributed by atoms with van der Waals surface area (Å²) < 4.78 is 8.70. The van der Waals surface area contributed by atoms with Gasteiger partial charge in [0, 0.05) is 16.7 Å². The molecule has 0 aliphatic heterocycles. The number of rotatable bonds is 3. The fraction of sp³-hybridized carbons (Fsp3) is 0. The summed E-state index contributed by atoms with van der Waals surface area (Å²) in [6, 6.07) is 14.8. The van der Waals surface area contributed by atoms with E-state index in [4.69, 9.17) is 51.2 Å². The van der Waals surface area contributed by atoms with E-state index in [1.54, 1.807) is 18.3 Å². The molecule has 0 aliphatic carbocycles. The Balaban J connectivity index is 2.34. The highest BCUT2D eigenvalue weighted by Crippen LogP contribution is 2.47. The van der Waals surface area contributed by atoms with Crippen molar-refractivity contribution in [3.8, 4) is 11.3 Å². The molecular formula is C17H10Cl4N2S. The Hall–Kier alpha value is -1.10. The van der Waals surface area contributed by atoms with Crippen LogP contribution in [0.3, 0.4) is 0 Å². The van der Waals surface area contributed by atoms with Gasteiger partial charge in [-0.2, -0.15) is 0 Å². The lowest BCUT2D eigenvalue weighted by atomic mass is 10.1. The summed E-state index contributed by atoms with van der Waals surface area (Å²) in [4.78, 5) is 5.65. The SMILES string of the molecule is N=S(c1ccccc1)c1c(Cl)c(Cl)c(Cl)c(Cl)c1-c1ccccn1. The number of benzene rings is 2. The molecule has 0 aliphatic rings. The van der Waals surface area contributed by atoms with Crippen molar-refractivity contribution in [2.45, 2.75) is 9.79 Å². The molecule has 1 N–H and O–H groups in total. The summed E-state index contributed by atoms with van der Waals surface area (Å²) in [5.74, 6) is 0. The van der Waals surface area contributed by atoms with Crippen LogP contribution in [-0.2, 0) is 10.7 Å². The average Bonchev–Trinajstić information content (AvgIpc) is 2.63. The highest BCUT2D eigenvalue weighted by atomic mass is 35.5. The minimum atomic E-state index is -1.10. The summed E-state index contributed by atoms with van der Waals surface area (Å²) in [6.45, 7) is 0. The molecule has 0 bridgehead atoms. The van der Waals surface area contributed by atoms with Crippen LogP contribution in [0.2, 0.25) is 20.1 Å². The van der Waals surface area contributed by atoms with Crippen molar-refractivity contribution in [1.29, 1.82) is 4.78 Å². The van der Waals surface area contributed by atoms with Gasteiger partial charge in [-0.25, -0.2) is 0 Å². The highest BCUT2D eigenvalue weighted by molar-refractivity contribution is 7.86. The van der Waals surface area contributed by atoms with Crippen molar-refractivity contribution in [1.82, 2.24) is 4.98 Å². The molecule has 2 nitrogen and oxygen atoms in total. The van der Waals surface area contributed by atoms with Crippen LogP contribution in [0.5, 0.6) is 0 Å². The number of nitrogens with one attached hydrogen (secondary N) is 1. The van der Waals surface area contributed by atoms with E-state index in [0.29, 0.717) is 16.2 Å². The van der Waals surface area contributed by atoms with E-state index < -0.39 is 10.7 Å². The molecule has 2 aromatic carbocycles. The molecule has 0 saturated heterocycles. The average molecular weight is 416 g/mol. The maximum Gasteiger partial charge on any atom is 0.0806 e. The number of halogens is 4.